The first-order chi connectivity index (χ1) is 10.8. The lowest BCUT2D eigenvalue weighted by atomic mass is 9.84. The van der Waals surface area contributed by atoms with Gasteiger partial charge in [0.05, 0.1) is 5.57 Å². The Morgan fingerprint density at radius 3 is 2.26 bits per heavy atom. The van der Waals surface area contributed by atoms with Crippen molar-refractivity contribution in [2.45, 2.75) is 27.2 Å². The molecule has 1 aromatic carbocycles. The van der Waals surface area contributed by atoms with Crippen LogP contribution < -0.4 is 9.47 Å². The molecular weight excluding hydrogens is 290 g/mol. The van der Waals surface area contributed by atoms with Crippen LogP contribution >= 0.6 is 0 Å². The minimum atomic E-state index is -0.601. The summed E-state index contributed by atoms with van der Waals surface area (Å²) in [6.07, 6.45) is 0.503. The van der Waals surface area contributed by atoms with Gasteiger partial charge in [0.1, 0.15) is 19.3 Å². The first kappa shape index (κ1) is 15.4. The number of hydrogen-bond acceptors (Lipinski definition) is 4. The van der Waals surface area contributed by atoms with Crippen LogP contribution in [0.25, 0.3) is 11.1 Å². The lowest BCUT2D eigenvalue weighted by Gasteiger charge is -2.20. The molecule has 0 atom stereocenters. The zero-order chi connectivity index (χ0) is 16.8. The second kappa shape index (κ2) is 5.27. The largest absolute Gasteiger partial charge is 0.486 e. The van der Waals surface area contributed by atoms with E-state index >= 15 is 0 Å². The Balaban J connectivity index is 2.19. The molecule has 1 aliphatic carbocycles. The molecule has 0 aromatic heterocycles. The number of nitriles is 1. The van der Waals surface area contributed by atoms with Crippen LogP contribution in [0.3, 0.4) is 0 Å². The number of ether oxygens (including phenoxy) is 2. The number of carbonyl (C=O) groups is 1. The normalized spacial score (nSPS) is 18.3. The summed E-state index contributed by atoms with van der Waals surface area (Å²) in [4.78, 5) is 12.6. The van der Waals surface area contributed by atoms with Crippen LogP contribution in [0.2, 0.25) is 0 Å². The van der Waals surface area contributed by atoms with E-state index in [9.17, 15) is 10.1 Å². The summed E-state index contributed by atoms with van der Waals surface area (Å²) in [6.45, 7) is 10.6. The van der Waals surface area contributed by atoms with Crippen molar-refractivity contribution >= 4 is 16.9 Å². The van der Waals surface area contributed by atoms with E-state index in [4.69, 9.17) is 9.47 Å². The van der Waals surface area contributed by atoms with E-state index in [1.807, 2.05) is 32.9 Å². The number of fused-ring (bicyclic) bond motifs is 2. The maximum Gasteiger partial charge on any atom is 0.178 e. The van der Waals surface area contributed by atoms with E-state index < -0.39 is 5.41 Å². The summed E-state index contributed by atoms with van der Waals surface area (Å²) in [5, 5.41) is 9.56. The molecule has 4 nitrogen and oxygen atoms in total. The van der Waals surface area contributed by atoms with Gasteiger partial charge in [-0.1, -0.05) is 27.4 Å². The molecule has 23 heavy (non-hydrogen) atoms. The Hall–Kier alpha value is -2.54. The van der Waals surface area contributed by atoms with E-state index in [0.29, 0.717) is 31.1 Å². The standard InChI is InChI=1S/C19H19NO3/c1-11-7-13(15(10-20)18(21)19(2,3)4)14-9-17-16(8-12(11)14)22-5-6-23-17/h8-9H,1,5-7H2,2-4H3/b15-13+. The quantitative estimate of drug-likeness (QED) is 0.585. The minimum Gasteiger partial charge on any atom is -0.486 e. The second-order valence-electron chi connectivity index (χ2n) is 6.87. The van der Waals surface area contributed by atoms with Crippen LogP contribution in [0.5, 0.6) is 11.5 Å². The van der Waals surface area contributed by atoms with Gasteiger partial charge in [-0.3, -0.25) is 4.79 Å². The highest BCUT2D eigenvalue weighted by Gasteiger charge is 2.32. The molecule has 118 valence electrons. The van der Waals surface area contributed by atoms with E-state index in [1.165, 1.54) is 0 Å². The zero-order valence-electron chi connectivity index (χ0n) is 13.7. The molecule has 0 amide bonds. The third-order valence-corrected chi connectivity index (χ3v) is 4.10. The highest BCUT2D eigenvalue weighted by molar-refractivity contribution is 6.12. The van der Waals surface area contributed by atoms with Crippen LogP contribution in [-0.2, 0) is 4.79 Å². The molecule has 0 spiro atoms. The Bertz CT molecular complexity index is 788. The van der Waals surface area contributed by atoms with Crippen molar-refractivity contribution in [1.29, 1.82) is 5.26 Å². The number of carbonyl (C=O) groups excluding carboxylic acids is 1. The molecule has 4 heteroatoms. The number of rotatable bonds is 1. The van der Waals surface area contributed by atoms with Gasteiger partial charge >= 0.3 is 0 Å². The summed E-state index contributed by atoms with van der Waals surface area (Å²) < 4.78 is 11.2. The molecule has 0 saturated heterocycles. The maximum atomic E-state index is 12.6. The van der Waals surface area contributed by atoms with Crippen molar-refractivity contribution in [1.82, 2.24) is 0 Å². The van der Waals surface area contributed by atoms with Crippen LogP contribution in [-0.4, -0.2) is 19.0 Å². The number of hydrogen-bond donors (Lipinski definition) is 0. The van der Waals surface area contributed by atoms with Crippen molar-refractivity contribution < 1.29 is 14.3 Å². The van der Waals surface area contributed by atoms with Crippen molar-refractivity contribution in [3.63, 3.8) is 0 Å². The molecule has 0 fully saturated rings. The monoisotopic (exact) mass is 309 g/mol. The minimum absolute atomic E-state index is 0.148. The fourth-order valence-electron chi connectivity index (χ4n) is 2.89. The third-order valence-electron chi connectivity index (χ3n) is 4.10. The lowest BCUT2D eigenvalue weighted by molar-refractivity contribution is -0.122. The van der Waals surface area contributed by atoms with Gasteiger partial charge in [-0.15, -0.1) is 0 Å². The Morgan fingerprint density at radius 1 is 1.17 bits per heavy atom. The van der Waals surface area contributed by atoms with E-state index in [1.54, 1.807) is 0 Å². The van der Waals surface area contributed by atoms with Gasteiger partial charge < -0.3 is 9.47 Å². The van der Waals surface area contributed by atoms with Crippen LogP contribution in [0, 0.1) is 16.7 Å². The van der Waals surface area contributed by atoms with Gasteiger partial charge in [-0.25, -0.2) is 0 Å². The number of nitrogens with zero attached hydrogens (tertiary/aromatic N) is 1. The van der Waals surface area contributed by atoms with Crippen LogP contribution in [0.15, 0.2) is 24.3 Å². The Labute approximate surface area is 136 Å². The number of Topliss-reactive ketones (excluding diaryl/α,β-unsaturated/α-hetero) is 1. The predicted octanol–water partition coefficient (Wildman–Crippen LogP) is 3.77. The van der Waals surface area contributed by atoms with Gasteiger partial charge in [0, 0.05) is 5.41 Å². The molecule has 0 bridgehead atoms. The summed E-state index contributed by atoms with van der Waals surface area (Å²) in [5.41, 5.74) is 3.03. The number of benzene rings is 1. The first-order valence-corrected chi connectivity index (χ1v) is 7.63. The van der Waals surface area contributed by atoms with Crippen molar-refractivity contribution in [3.05, 3.63) is 35.4 Å². The predicted molar refractivity (Wildman–Crippen MR) is 88.1 cm³/mol. The Morgan fingerprint density at radius 2 is 1.74 bits per heavy atom. The summed E-state index contributed by atoms with van der Waals surface area (Å²) in [5.74, 6) is 1.20. The third kappa shape index (κ3) is 2.53. The Kier molecular flexibility index (Phi) is 3.52. The summed E-state index contributed by atoms with van der Waals surface area (Å²) in [6, 6.07) is 5.87. The van der Waals surface area contributed by atoms with Gasteiger partial charge in [-0.2, -0.15) is 5.26 Å². The van der Waals surface area contributed by atoms with Crippen LogP contribution in [0.4, 0.5) is 0 Å². The average molecular weight is 309 g/mol. The topological polar surface area (TPSA) is 59.3 Å². The smallest absolute Gasteiger partial charge is 0.178 e. The molecule has 0 saturated carbocycles. The molecule has 0 unspecified atom stereocenters. The molecule has 1 aliphatic heterocycles. The van der Waals surface area contributed by atoms with Gasteiger partial charge in [0.25, 0.3) is 0 Å². The molecule has 0 radical (unpaired) electrons. The average Bonchev–Trinajstić information content (AvgIpc) is 2.81. The molecule has 2 aliphatic rings. The van der Waals surface area contributed by atoms with Crippen LogP contribution in [0.1, 0.15) is 38.3 Å². The van der Waals surface area contributed by atoms with E-state index in [0.717, 1.165) is 22.3 Å². The molecule has 1 aromatic rings. The van der Waals surface area contributed by atoms with E-state index in [-0.39, 0.29) is 11.4 Å². The molecule has 0 N–H and O–H groups in total. The molecule has 1 heterocycles. The van der Waals surface area contributed by atoms with Crippen molar-refractivity contribution in [3.8, 4) is 17.6 Å². The van der Waals surface area contributed by atoms with E-state index in [2.05, 4.69) is 12.6 Å². The highest BCUT2D eigenvalue weighted by Crippen LogP contribution is 2.47. The fourth-order valence-corrected chi connectivity index (χ4v) is 2.89. The summed E-state index contributed by atoms with van der Waals surface area (Å²) >= 11 is 0. The number of ketones is 1. The van der Waals surface area contributed by atoms with Crippen molar-refractivity contribution in [2.24, 2.45) is 5.41 Å². The maximum absolute atomic E-state index is 12.6. The summed E-state index contributed by atoms with van der Waals surface area (Å²) in [7, 11) is 0. The first-order valence-electron chi connectivity index (χ1n) is 7.63. The lowest BCUT2D eigenvalue weighted by Crippen LogP contribution is -2.22. The van der Waals surface area contributed by atoms with Gasteiger partial charge in [0.15, 0.2) is 17.3 Å². The van der Waals surface area contributed by atoms with Gasteiger partial charge in [0.2, 0.25) is 0 Å². The van der Waals surface area contributed by atoms with Crippen molar-refractivity contribution in [2.75, 3.05) is 13.2 Å². The zero-order valence-corrected chi connectivity index (χ0v) is 13.7. The fraction of sp³-hybridized carbons (Fsp3) is 0.368. The highest BCUT2D eigenvalue weighted by atomic mass is 16.6. The molecule has 3 rings (SSSR count). The number of allylic oxidation sites excluding steroid dienone is 3. The second-order valence-corrected chi connectivity index (χ2v) is 6.87. The van der Waals surface area contributed by atoms with Gasteiger partial charge in [-0.05, 0) is 40.8 Å². The SMILES string of the molecule is C=C1C/C(=C(/C#N)C(=O)C(C)(C)C)c2cc3c(cc21)OCCO3. The molecular formula is C19H19NO3.